The predicted molar refractivity (Wildman–Crippen MR) is 48.1 cm³/mol. The molecular formula is C9H12ClN. The Morgan fingerprint density at radius 3 is 2.64 bits per heavy atom. The van der Waals surface area contributed by atoms with Crippen molar-refractivity contribution >= 4 is 11.6 Å². The van der Waals surface area contributed by atoms with Gasteiger partial charge in [-0.25, -0.2) is 0 Å². The van der Waals surface area contributed by atoms with Gasteiger partial charge in [0, 0.05) is 0 Å². The highest BCUT2D eigenvalue weighted by atomic mass is 35.5. The van der Waals surface area contributed by atoms with E-state index in [2.05, 4.69) is 6.58 Å². The molecule has 0 aliphatic rings. The fraction of sp³-hybridized carbons (Fsp3) is 0.444. The van der Waals surface area contributed by atoms with Gasteiger partial charge < -0.3 is 0 Å². The van der Waals surface area contributed by atoms with Crippen LogP contribution in [0, 0.1) is 16.7 Å². The van der Waals surface area contributed by atoms with Gasteiger partial charge in [0.25, 0.3) is 0 Å². The molecule has 0 rings (SSSR count). The highest BCUT2D eigenvalue weighted by Crippen LogP contribution is 2.24. The number of nitrogens with zero attached hydrogens (tertiary/aromatic N) is 1. The number of nitriles is 1. The summed E-state index contributed by atoms with van der Waals surface area (Å²) in [7, 11) is 0. The van der Waals surface area contributed by atoms with E-state index in [1.807, 2.05) is 26.0 Å². The highest BCUT2D eigenvalue weighted by Gasteiger charge is 2.12. The molecule has 0 aromatic heterocycles. The zero-order valence-corrected chi connectivity index (χ0v) is 7.65. The van der Waals surface area contributed by atoms with Crippen molar-refractivity contribution in [3.05, 3.63) is 23.8 Å². The first kappa shape index (κ1) is 10.3. The van der Waals surface area contributed by atoms with Crippen LogP contribution in [-0.4, -0.2) is 0 Å². The van der Waals surface area contributed by atoms with Crippen LogP contribution >= 0.6 is 11.6 Å². The molecule has 0 saturated carbocycles. The number of allylic oxidation sites excluding steroid dienone is 3. The normalized spacial score (nSPS) is 12.4. The van der Waals surface area contributed by atoms with Crippen LogP contribution in [0.1, 0.15) is 20.3 Å². The van der Waals surface area contributed by atoms with E-state index in [1.165, 1.54) is 0 Å². The monoisotopic (exact) mass is 169 g/mol. The molecule has 0 aliphatic heterocycles. The van der Waals surface area contributed by atoms with Crippen LogP contribution < -0.4 is 0 Å². The fourth-order valence-corrected chi connectivity index (χ4v) is 1.10. The van der Waals surface area contributed by atoms with E-state index in [0.717, 1.165) is 6.42 Å². The number of hydrogen-bond acceptors (Lipinski definition) is 1. The van der Waals surface area contributed by atoms with Gasteiger partial charge in [0.05, 0.1) is 0 Å². The lowest BCUT2D eigenvalue weighted by atomic mass is 9.89. The molecule has 0 saturated heterocycles. The Bertz CT molecular complexity index is 208. The SMILES string of the molecule is C=CCC(C)(C)/C=C(/Cl)C#N. The van der Waals surface area contributed by atoms with Crippen molar-refractivity contribution in [1.82, 2.24) is 0 Å². The van der Waals surface area contributed by atoms with Crippen molar-refractivity contribution in [3.63, 3.8) is 0 Å². The molecule has 0 aromatic carbocycles. The molecule has 0 amide bonds. The molecule has 1 nitrogen and oxygen atoms in total. The first-order valence-corrected chi connectivity index (χ1v) is 3.79. The van der Waals surface area contributed by atoms with Crippen LogP contribution in [0.4, 0.5) is 0 Å². The second kappa shape index (κ2) is 4.20. The van der Waals surface area contributed by atoms with E-state index in [1.54, 1.807) is 6.08 Å². The largest absolute Gasteiger partial charge is 0.191 e. The molecule has 0 unspecified atom stereocenters. The summed E-state index contributed by atoms with van der Waals surface area (Å²) in [6.07, 6.45) is 4.39. The number of halogens is 1. The maximum atomic E-state index is 8.39. The number of rotatable bonds is 3. The van der Waals surface area contributed by atoms with Crippen molar-refractivity contribution < 1.29 is 0 Å². The van der Waals surface area contributed by atoms with Crippen LogP contribution in [0.2, 0.25) is 0 Å². The first-order chi connectivity index (χ1) is 5.02. The van der Waals surface area contributed by atoms with Gasteiger partial charge >= 0.3 is 0 Å². The summed E-state index contributed by atoms with van der Waals surface area (Å²) in [5, 5.41) is 8.64. The standard InChI is InChI=1S/C9H12ClN/c1-4-5-9(2,3)6-8(10)7-11/h4,6H,1,5H2,2-3H3/b8-6+. The average molecular weight is 170 g/mol. The second-order valence-corrected chi connectivity index (χ2v) is 3.49. The van der Waals surface area contributed by atoms with Crippen molar-refractivity contribution in [2.75, 3.05) is 0 Å². The zero-order valence-electron chi connectivity index (χ0n) is 6.89. The van der Waals surface area contributed by atoms with Crippen LogP contribution in [0.3, 0.4) is 0 Å². The third kappa shape index (κ3) is 4.64. The minimum absolute atomic E-state index is 0.0609. The lowest BCUT2D eigenvalue weighted by Crippen LogP contribution is -2.05. The summed E-state index contributed by atoms with van der Waals surface area (Å²) in [5.74, 6) is 0. The predicted octanol–water partition coefficient (Wildman–Crippen LogP) is 3.23. The lowest BCUT2D eigenvalue weighted by molar-refractivity contribution is 0.488. The van der Waals surface area contributed by atoms with Gasteiger partial charge in [-0.15, -0.1) is 6.58 Å². The molecule has 0 aliphatic carbocycles. The fourth-order valence-electron chi connectivity index (χ4n) is 0.806. The van der Waals surface area contributed by atoms with Gasteiger partial charge in [0.15, 0.2) is 0 Å². The first-order valence-electron chi connectivity index (χ1n) is 3.41. The summed E-state index contributed by atoms with van der Waals surface area (Å²) in [5.41, 5.74) is -0.0609. The Labute approximate surface area is 73.0 Å². The van der Waals surface area contributed by atoms with E-state index < -0.39 is 0 Å². The molecule has 0 heterocycles. The van der Waals surface area contributed by atoms with Crippen LogP contribution in [0.15, 0.2) is 23.8 Å². The quantitative estimate of drug-likeness (QED) is 0.470. The van der Waals surface area contributed by atoms with Crippen molar-refractivity contribution in [3.8, 4) is 6.07 Å². The molecule has 0 aromatic rings. The summed E-state index contributed by atoms with van der Waals surface area (Å²) in [6.45, 7) is 7.64. The Morgan fingerprint density at radius 1 is 1.73 bits per heavy atom. The van der Waals surface area contributed by atoms with E-state index in [-0.39, 0.29) is 10.4 Å². The van der Waals surface area contributed by atoms with Gasteiger partial charge in [0.2, 0.25) is 0 Å². The zero-order chi connectivity index (χ0) is 8.91. The number of hydrogen-bond donors (Lipinski definition) is 0. The van der Waals surface area contributed by atoms with Crippen LogP contribution in [0.5, 0.6) is 0 Å². The molecule has 0 atom stereocenters. The summed E-state index contributed by atoms with van der Waals surface area (Å²) >= 11 is 5.55. The van der Waals surface area contributed by atoms with E-state index in [4.69, 9.17) is 16.9 Å². The molecule has 0 bridgehead atoms. The Hall–Kier alpha value is -0.740. The van der Waals surface area contributed by atoms with Gasteiger partial charge in [-0.2, -0.15) is 5.26 Å². The molecule has 60 valence electrons. The average Bonchev–Trinajstić information content (AvgIpc) is 1.86. The Balaban J connectivity index is 4.34. The summed E-state index contributed by atoms with van der Waals surface area (Å²) < 4.78 is 0. The maximum Gasteiger partial charge on any atom is 0.114 e. The smallest absolute Gasteiger partial charge is 0.114 e. The second-order valence-electron chi connectivity index (χ2n) is 3.09. The van der Waals surface area contributed by atoms with Gasteiger partial charge in [-0.1, -0.05) is 31.5 Å². The van der Waals surface area contributed by atoms with Crippen molar-refractivity contribution in [1.29, 1.82) is 5.26 Å². The maximum absolute atomic E-state index is 8.39. The molecule has 11 heavy (non-hydrogen) atoms. The molecule has 2 heteroatoms. The summed E-state index contributed by atoms with van der Waals surface area (Å²) in [4.78, 5) is 0. The van der Waals surface area contributed by atoms with E-state index in [0.29, 0.717) is 0 Å². The lowest BCUT2D eigenvalue weighted by Gasteiger charge is -2.16. The third-order valence-corrected chi connectivity index (χ3v) is 1.49. The van der Waals surface area contributed by atoms with Crippen molar-refractivity contribution in [2.45, 2.75) is 20.3 Å². The molecule has 0 radical (unpaired) electrons. The molecule has 0 fully saturated rings. The van der Waals surface area contributed by atoms with E-state index in [9.17, 15) is 0 Å². The summed E-state index contributed by atoms with van der Waals surface area (Å²) in [6, 6.07) is 1.87. The van der Waals surface area contributed by atoms with Crippen LogP contribution in [-0.2, 0) is 0 Å². The Morgan fingerprint density at radius 2 is 2.27 bits per heavy atom. The minimum atomic E-state index is -0.0609. The Kier molecular flexibility index (Phi) is 3.92. The van der Waals surface area contributed by atoms with Crippen molar-refractivity contribution in [2.24, 2.45) is 5.41 Å². The van der Waals surface area contributed by atoms with Gasteiger partial charge in [0.1, 0.15) is 11.1 Å². The third-order valence-electron chi connectivity index (χ3n) is 1.29. The highest BCUT2D eigenvalue weighted by molar-refractivity contribution is 6.31. The van der Waals surface area contributed by atoms with Gasteiger partial charge in [-0.3, -0.25) is 0 Å². The van der Waals surface area contributed by atoms with Crippen LogP contribution in [0.25, 0.3) is 0 Å². The van der Waals surface area contributed by atoms with Gasteiger partial charge in [-0.05, 0) is 17.9 Å². The molecule has 0 spiro atoms. The topological polar surface area (TPSA) is 23.8 Å². The van der Waals surface area contributed by atoms with E-state index >= 15 is 0 Å². The minimum Gasteiger partial charge on any atom is -0.191 e. The molecule has 0 N–H and O–H groups in total. The molecular weight excluding hydrogens is 158 g/mol.